The van der Waals surface area contributed by atoms with Gasteiger partial charge in [-0.05, 0) is 56.6 Å². The fraction of sp³-hybridized carbons (Fsp3) is 0.534. The number of nitrogens with two attached hydrogens (primary N) is 1. The summed E-state index contributed by atoms with van der Waals surface area (Å²) in [6, 6.07) is -9.92. The summed E-state index contributed by atoms with van der Waals surface area (Å²) < 4.78 is 0. The van der Waals surface area contributed by atoms with E-state index >= 15 is 0 Å². The molecular weight excluding hydrogens is 1290 g/mol. The van der Waals surface area contributed by atoms with Crippen LogP contribution in [0.25, 0.3) is 10.9 Å². The summed E-state index contributed by atoms with van der Waals surface area (Å²) in [5.41, 5.74) is 6.37. The summed E-state index contributed by atoms with van der Waals surface area (Å²) in [7, 11) is 0. The van der Waals surface area contributed by atoms with Crippen LogP contribution < -0.4 is 64.2 Å². The molecule has 0 spiro atoms. The Hall–Kier alpha value is -11.3. The molecule has 0 saturated carbocycles. The zero-order valence-electron chi connectivity index (χ0n) is 53.0. The lowest BCUT2D eigenvalue weighted by Gasteiger charge is -2.32. The van der Waals surface area contributed by atoms with Crippen molar-refractivity contribution in [3.8, 4) is 0 Å². The van der Waals surface area contributed by atoms with E-state index in [4.69, 9.17) is 15.9 Å². The lowest BCUT2D eigenvalue weighted by molar-refractivity contribution is -0.144. The Bertz CT molecular complexity index is 3300. The highest BCUT2D eigenvalue weighted by Gasteiger charge is 2.41. The van der Waals surface area contributed by atoms with Crippen LogP contribution in [0.15, 0.2) is 30.5 Å². The van der Waals surface area contributed by atoms with Crippen molar-refractivity contribution in [2.24, 2.45) is 11.7 Å². The second-order valence-electron chi connectivity index (χ2n) is 22.5. The molecule has 3 rings (SSSR count). The number of nitrogens with one attached hydrogen (secondary N) is 12. The number of hydrogen-bond donors (Lipinski definition) is 19. The third kappa shape index (κ3) is 27.3. The second-order valence-corrected chi connectivity index (χ2v) is 22.5. The van der Waals surface area contributed by atoms with Crippen molar-refractivity contribution in [3.05, 3.63) is 36.0 Å². The van der Waals surface area contributed by atoms with Gasteiger partial charge in [0.1, 0.15) is 60.4 Å². The highest BCUT2D eigenvalue weighted by atomic mass is 16.4. The average Bonchev–Trinajstić information content (AvgIpc) is 1.76. The van der Waals surface area contributed by atoms with E-state index < -0.39 is 250 Å². The highest BCUT2D eigenvalue weighted by Crippen LogP contribution is 2.23. The fourth-order valence-electron chi connectivity index (χ4n) is 9.75. The summed E-state index contributed by atoms with van der Waals surface area (Å²) in [5.74, 6) is -24.2. The number of amides is 13. The number of fused-ring (bicyclic) bond motifs is 1. The van der Waals surface area contributed by atoms with Crippen LogP contribution in [0.5, 0.6) is 0 Å². The second kappa shape index (κ2) is 38.8. The number of para-hydroxylation sites is 1. The number of aromatic amines is 1. The summed E-state index contributed by atoms with van der Waals surface area (Å²) in [6.45, 7) is 2.97. The molecule has 97 heavy (non-hydrogen) atoms. The molecule has 0 unspecified atom stereocenters. The lowest BCUT2D eigenvalue weighted by Crippen LogP contribution is -2.60. The van der Waals surface area contributed by atoms with Gasteiger partial charge in [0.25, 0.3) is 0 Å². The van der Waals surface area contributed by atoms with Crippen molar-refractivity contribution >= 4 is 124 Å². The maximum absolute atomic E-state index is 14.6. The van der Waals surface area contributed by atoms with E-state index in [-0.39, 0.29) is 32.2 Å². The monoisotopic (exact) mass is 1370 g/mol. The topological polar surface area (TPSA) is 623 Å². The number of aliphatic carboxylic acids is 6. The van der Waals surface area contributed by atoms with E-state index in [1.807, 2.05) is 16.0 Å². The third-order valence-electron chi connectivity index (χ3n) is 14.9. The van der Waals surface area contributed by atoms with E-state index in [0.29, 0.717) is 16.5 Å². The van der Waals surface area contributed by atoms with Crippen molar-refractivity contribution < 1.29 is 122 Å². The van der Waals surface area contributed by atoms with E-state index in [9.17, 15) is 112 Å². The zero-order valence-corrected chi connectivity index (χ0v) is 53.0. The minimum Gasteiger partial charge on any atom is -0.481 e. The van der Waals surface area contributed by atoms with Gasteiger partial charge in [0, 0.05) is 56.3 Å². The third-order valence-corrected chi connectivity index (χ3v) is 14.9. The molecule has 0 aliphatic carbocycles. The molecule has 39 nitrogen and oxygen atoms in total. The number of carboxylic acid groups (broad SMARTS) is 6. The Kier molecular flexibility index (Phi) is 31.9. The lowest BCUT2D eigenvalue weighted by atomic mass is 9.96. The van der Waals surface area contributed by atoms with Crippen molar-refractivity contribution in [1.82, 2.24) is 68.4 Å². The molecule has 0 radical (unpaired) electrons. The number of aromatic nitrogens is 1. The molecule has 1 aromatic heterocycles. The Balaban J connectivity index is 1.83. The number of benzene rings is 1. The largest absolute Gasteiger partial charge is 0.481 e. The zero-order chi connectivity index (χ0) is 73.0. The first-order chi connectivity index (χ1) is 45.5. The molecule has 532 valence electrons. The van der Waals surface area contributed by atoms with Crippen LogP contribution in [0.4, 0.5) is 0 Å². The first-order valence-corrected chi connectivity index (χ1v) is 30.2. The van der Waals surface area contributed by atoms with Gasteiger partial charge in [0.05, 0.1) is 32.4 Å². The molecule has 2 heterocycles. The van der Waals surface area contributed by atoms with Crippen molar-refractivity contribution in [1.29, 1.82) is 0 Å². The molecular formula is C58H80N14O25. The Morgan fingerprint density at radius 1 is 0.526 bits per heavy atom. The SMILES string of the molecule is CC[C@H](C)[C@H](NC(=O)[C@H](Cc1c[nH]c2ccccc12)NC(=O)CNC(=O)[C@H](CC(=O)O)NC(=O)CNC(=O)[C@H](CC(=O)O)NC(=O)[C@H](C)NC(=O)[C@H](CC(=O)O)NC(C)=O)C(=O)N[C@@H](CCC(=O)O)C(=O)N1CCC[C@H]1C(=O)N[C@@H](CCC(=O)O)C(=O)N[C@@H](CCC(=O)O)C(N)=O. The number of rotatable bonds is 42. The van der Waals surface area contributed by atoms with Crippen molar-refractivity contribution in [2.45, 2.75) is 172 Å². The first-order valence-electron chi connectivity index (χ1n) is 30.2. The summed E-state index contributed by atoms with van der Waals surface area (Å²) in [6.07, 6.45) is -5.30. The van der Waals surface area contributed by atoms with Crippen molar-refractivity contribution in [3.63, 3.8) is 0 Å². The summed E-state index contributed by atoms with van der Waals surface area (Å²) >= 11 is 0. The van der Waals surface area contributed by atoms with Gasteiger partial charge in [-0.25, -0.2) is 0 Å². The summed E-state index contributed by atoms with van der Waals surface area (Å²) in [5, 5.41) is 81.5. The normalized spacial score (nSPS) is 15.5. The number of H-pyrrole nitrogens is 1. The fourth-order valence-corrected chi connectivity index (χ4v) is 9.75. The van der Waals surface area contributed by atoms with Gasteiger partial charge in [0.2, 0.25) is 76.8 Å². The number of carbonyl (C=O) groups is 19. The predicted octanol–water partition coefficient (Wildman–Crippen LogP) is -6.11. The minimum atomic E-state index is -1.99. The maximum Gasteiger partial charge on any atom is 0.305 e. The number of primary amides is 1. The molecule has 1 aromatic carbocycles. The molecule has 13 amide bonds. The van der Waals surface area contributed by atoms with Gasteiger partial charge in [-0.1, -0.05) is 38.5 Å². The van der Waals surface area contributed by atoms with Gasteiger partial charge in [-0.3, -0.25) is 91.1 Å². The maximum atomic E-state index is 14.6. The molecule has 1 fully saturated rings. The van der Waals surface area contributed by atoms with Gasteiger partial charge in [0.15, 0.2) is 0 Å². The first kappa shape index (κ1) is 79.9. The Morgan fingerprint density at radius 2 is 0.990 bits per heavy atom. The van der Waals surface area contributed by atoms with Crippen LogP contribution in [-0.4, -0.2) is 233 Å². The van der Waals surface area contributed by atoms with Crippen LogP contribution in [0.2, 0.25) is 0 Å². The van der Waals surface area contributed by atoms with Gasteiger partial charge >= 0.3 is 35.8 Å². The van der Waals surface area contributed by atoms with E-state index in [0.717, 1.165) is 18.7 Å². The molecule has 0 bridgehead atoms. The predicted molar refractivity (Wildman–Crippen MR) is 327 cm³/mol. The Morgan fingerprint density at radius 3 is 1.51 bits per heavy atom. The molecule has 1 aliphatic rings. The standard InChI is InChI=1S/C58H80N14O25/c1-5-26(2)48(57(96)69-34(14-17-44(80)81)58(97)72-18-8-11-39(72)56(95)68-33(13-16-43(78)79)53(92)67-32(49(59)88)12-15-42(76)77)71-55(94)35(19-29-23-60-31-10-7-6-9-30(29)31)65-40(74)24-61-51(90)36(20-45(82)83)66-41(75)25-62-52(91)37(21-46(84)85)70-50(89)27(3)63-54(93)38(22-47(86)87)64-28(4)73/h6-7,9-10,23,26-27,32-39,48,60H,5,8,11-22,24-25H2,1-4H3,(H2,59,88)(H,61,90)(H,62,91)(H,63,93)(H,64,73)(H,65,74)(H,66,75)(H,67,92)(H,68,95)(H,69,96)(H,70,89)(H,71,94)(H,76,77)(H,78,79)(H,80,81)(H,82,83)(H,84,85)(H,86,87)/t26-,27-,32-,33-,34-,35-,36-,37-,38-,39-,48-/m0/s1. The number of hydrogen-bond acceptors (Lipinski definition) is 19. The molecule has 1 saturated heterocycles. The van der Waals surface area contributed by atoms with Crippen LogP contribution in [0, 0.1) is 5.92 Å². The number of carbonyl (C=O) groups excluding carboxylic acids is 13. The molecule has 1 aliphatic heterocycles. The molecule has 11 atom stereocenters. The average molecular weight is 1370 g/mol. The number of nitrogens with zero attached hydrogens (tertiary/aromatic N) is 1. The van der Waals surface area contributed by atoms with Crippen LogP contribution in [0.1, 0.15) is 110 Å². The molecule has 2 aromatic rings. The number of likely N-dealkylation sites (tertiary alicyclic amines) is 1. The quantitative estimate of drug-likeness (QED) is 0.0294. The van der Waals surface area contributed by atoms with Crippen LogP contribution in [0.3, 0.4) is 0 Å². The van der Waals surface area contributed by atoms with Crippen molar-refractivity contribution in [2.75, 3.05) is 19.6 Å². The van der Waals surface area contributed by atoms with E-state index in [1.165, 1.54) is 13.1 Å². The van der Waals surface area contributed by atoms with Gasteiger partial charge in [-0.2, -0.15) is 0 Å². The minimum absolute atomic E-state index is 0.0582. The molecule has 39 heteroatoms. The number of carboxylic acids is 6. The molecule has 20 N–H and O–H groups in total. The van der Waals surface area contributed by atoms with Crippen LogP contribution in [-0.2, 0) is 97.5 Å². The smallest absolute Gasteiger partial charge is 0.305 e. The van der Waals surface area contributed by atoms with Gasteiger partial charge in [-0.15, -0.1) is 0 Å². The van der Waals surface area contributed by atoms with E-state index in [1.54, 1.807) is 31.2 Å². The highest BCUT2D eigenvalue weighted by molar-refractivity contribution is 6.01. The summed E-state index contributed by atoms with van der Waals surface area (Å²) in [4.78, 5) is 247. The van der Waals surface area contributed by atoms with Crippen LogP contribution >= 0.6 is 0 Å². The Labute approximate surface area is 551 Å². The van der Waals surface area contributed by atoms with E-state index in [2.05, 4.69) is 47.5 Å². The van der Waals surface area contributed by atoms with Gasteiger partial charge < -0.3 is 105 Å².